The Morgan fingerprint density at radius 2 is 2.03 bits per heavy atom. The topological polar surface area (TPSA) is 55.7 Å². The van der Waals surface area contributed by atoms with E-state index in [4.69, 9.17) is 9.47 Å². The molecule has 2 fully saturated rings. The zero-order valence-electron chi connectivity index (χ0n) is 16.7. The highest BCUT2D eigenvalue weighted by Gasteiger charge is 2.32. The third-order valence-electron chi connectivity index (χ3n) is 5.61. The third kappa shape index (κ3) is 4.89. The number of alkyl halides is 3. The van der Waals surface area contributed by atoms with Gasteiger partial charge in [-0.2, -0.15) is 13.2 Å². The normalized spacial score (nSPS) is 20.5. The molecule has 2 aliphatic rings. The van der Waals surface area contributed by atoms with E-state index in [0.717, 1.165) is 30.5 Å². The number of carbonyl (C=O) groups is 1. The minimum absolute atomic E-state index is 0.0397. The van der Waals surface area contributed by atoms with Crippen molar-refractivity contribution in [3.8, 4) is 5.75 Å². The van der Waals surface area contributed by atoms with Crippen molar-refractivity contribution in [1.29, 1.82) is 0 Å². The summed E-state index contributed by atoms with van der Waals surface area (Å²) in [6.45, 7) is 2.79. The maximum Gasteiger partial charge on any atom is 0.406 e. The van der Waals surface area contributed by atoms with Gasteiger partial charge in [-0.05, 0) is 43.7 Å². The van der Waals surface area contributed by atoms with E-state index in [0.29, 0.717) is 55.5 Å². The summed E-state index contributed by atoms with van der Waals surface area (Å²) in [6, 6.07) is 6.53. The lowest BCUT2D eigenvalue weighted by Gasteiger charge is -2.27. The fourth-order valence-corrected chi connectivity index (χ4v) is 4.07. The highest BCUT2D eigenvalue weighted by molar-refractivity contribution is 5.99. The molecule has 9 heteroatoms. The van der Waals surface area contributed by atoms with Crippen molar-refractivity contribution in [3.05, 3.63) is 30.0 Å². The fourth-order valence-electron chi connectivity index (χ4n) is 4.07. The van der Waals surface area contributed by atoms with Crippen LogP contribution in [0.1, 0.15) is 23.3 Å². The van der Waals surface area contributed by atoms with Crippen molar-refractivity contribution < 1.29 is 27.4 Å². The van der Waals surface area contributed by atoms with Crippen molar-refractivity contribution in [2.24, 2.45) is 5.92 Å². The minimum atomic E-state index is -4.44. The van der Waals surface area contributed by atoms with Gasteiger partial charge in [0.05, 0.1) is 19.8 Å². The first-order chi connectivity index (χ1) is 14.4. The molecule has 2 saturated heterocycles. The van der Waals surface area contributed by atoms with Gasteiger partial charge in [-0.15, -0.1) is 0 Å². The van der Waals surface area contributed by atoms with Crippen LogP contribution in [-0.2, 0) is 11.3 Å². The molecular weight excluding hydrogens is 399 g/mol. The number of nitrogens with zero attached hydrogens (tertiary/aromatic N) is 2. The number of nitrogens with one attached hydrogen (secondary N) is 1. The van der Waals surface area contributed by atoms with Crippen LogP contribution >= 0.6 is 0 Å². The number of piperidine rings is 1. The lowest BCUT2D eigenvalue weighted by atomic mass is 10.0. The largest absolute Gasteiger partial charge is 0.493 e. The Bertz CT molecular complexity index is 885. The minimum Gasteiger partial charge on any atom is -0.493 e. The predicted octanol–water partition coefficient (Wildman–Crippen LogP) is 3.05. The van der Waals surface area contributed by atoms with Crippen molar-refractivity contribution in [1.82, 2.24) is 14.8 Å². The lowest BCUT2D eigenvalue weighted by Crippen LogP contribution is -2.41. The molecule has 1 atom stereocenters. The van der Waals surface area contributed by atoms with Crippen molar-refractivity contribution in [2.45, 2.75) is 25.6 Å². The van der Waals surface area contributed by atoms with Gasteiger partial charge in [-0.25, -0.2) is 0 Å². The Morgan fingerprint density at radius 3 is 2.73 bits per heavy atom. The summed E-state index contributed by atoms with van der Waals surface area (Å²) >= 11 is 0. The van der Waals surface area contributed by atoms with Crippen LogP contribution in [0, 0.1) is 5.92 Å². The molecule has 0 saturated carbocycles. The number of ether oxygens (including phenoxy) is 2. The van der Waals surface area contributed by atoms with Crippen LogP contribution in [0.4, 0.5) is 13.2 Å². The first-order valence-electron chi connectivity index (χ1n) is 10.3. The molecule has 0 bridgehead atoms. The van der Waals surface area contributed by atoms with Crippen LogP contribution in [0.3, 0.4) is 0 Å². The SMILES string of the molecule is O=C(c1cc2cc(OCC3CCCNC3)ccc2n1CC(F)(F)F)N1CCOCC1. The van der Waals surface area contributed by atoms with Crippen LogP contribution in [0.5, 0.6) is 5.75 Å². The number of hydrogen-bond donors (Lipinski definition) is 1. The molecule has 3 heterocycles. The zero-order valence-corrected chi connectivity index (χ0v) is 16.7. The van der Waals surface area contributed by atoms with Crippen LogP contribution in [0.2, 0.25) is 0 Å². The number of benzene rings is 1. The molecular formula is C21H26F3N3O3. The molecule has 1 aromatic heterocycles. The van der Waals surface area contributed by atoms with E-state index < -0.39 is 18.6 Å². The Labute approximate surface area is 172 Å². The molecule has 6 nitrogen and oxygen atoms in total. The molecule has 164 valence electrons. The van der Waals surface area contributed by atoms with Crippen molar-refractivity contribution in [3.63, 3.8) is 0 Å². The summed E-state index contributed by atoms with van der Waals surface area (Å²) in [4.78, 5) is 14.5. The van der Waals surface area contributed by atoms with E-state index >= 15 is 0 Å². The van der Waals surface area contributed by atoms with Crippen LogP contribution in [-0.4, -0.2) is 67.6 Å². The van der Waals surface area contributed by atoms with Gasteiger partial charge in [0.15, 0.2) is 0 Å². The fraction of sp³-hybridized carbons (Fsp3) is 0.571. The second kappa shape index (κ2) is 8.85. The zero-order chi connectivity index (χ0) is 21.1. The van der Waals surface area contributed by atoms with Gasteiger partial charge in [0.25, 0.3) is 5.91 Å². The van der Waals surface area contributed by atoms with Gasteiger partial charge < -0.3 is 24.3 Å². The second-order valence-electron chi connectivity index (χ2n) is 7.88. The van der Waals surface area contributed by atoms with Crippen molar-refractivity contribution in [2.75, 3.05) is 46.0 Å². The number of aromatic nitrogens is 1. The first-order valence-corrected chi connectivity index (χ1v) is 10.3. The van der Waals surface area contributed by atoms with E-state index in [2.05, 4.69) is 5.32 Å². The summed E-state index contributed by atoms with van der Waals surface area (Å²) in [7, 11) is 0. The highest BCUT2D eigenvalue weighted by atomic mass is 19.4. The van der Waals surface area contributed by atoms with Crippen molar-refractivity contribution >= 4 is 16.8 Å². The molecule has 2 aliphatic heterocycles. The summed E-state index contributed by atoms with van der Waals surface area (Å²) in [5.41, 5.74) is 0.411. The van der Waals surface area contributed by atoms with Gasteiger partial charge in [-0.1, -0.05) is 0 Å². The summed E-state index contributed by atoms with van der Waals surface area (Å²) in [5.74, 6) is 0.611. The monoisotopic (exact) mass is 425 g/mol. The van der Waals surface area contributed by atoms with Gasteiger partial charge in [0.1, 0.15) is 18.0 Å². The molecule has 0 spiro atoms. The average molecular weight is 425 g/mol. The number of morpholine rings is 1. The quantitative estimate of drug-likeness (QED) is 0.800. The van der Waals surface area contributed by atoms with E-state index in [9.17, 15) is 18.0 Å². The average Bonchev–Trinajstić information content (AvgIpc) is 3.09. The predicted molar refractivity (Wildman–Crippen MR) is 106 cm³/mol. The maximum absolute atomic E-state index is 13.2. The summed E-state index contributed by atoms with van der Waals surface area (Å²) in [6.07, 6.45) is -2.23. The summed E-state index contributed by atoms with van der Waals surface area (Å²) in [5, 5.41) is 3.90. The Morgan fingerprint density at radius 1 is 1.23 bits per heavy atom. The van der Waals surface area contributed by atoms with Gasteiger partial charge in [-0.3, -0.25) is 4.79 Å². The maximum atomic E-state index is 13.2. The molecule has 4 rings (SSSR count). The number of fused-ring (bicyclic) bond motifs is 1. The van der Waals surface area contributed by atoms with E-state index in [1.165, 1.54) is 11.0 Å². The number of halogens is 3. The van der Waals surface area contributed by atoms with Gasteiger partial charge >= 0.3 is 6.18 Å². The Hall–Kier alpha value is -2.26. The number of hydrogen-bond acceptors (Lipinski definition) is 4. The first kappa shape index (κ1) is 21.0. The number of carbonyl (C=O) groups excluding carboxylic acids is 1. The lowest BCUT2D eigenvalue weighted by molar-refractivity contribution is -0.140. The standard InChI is InChI=1S/C21H26F3N3O3/c22-21(23,24)14-27-18-4-3-17(30-13-15-2-1-5-25-12-15)10-16(18)11-19(27)20(28)26-6-8-29-9-7-26/h3-4,10-11,15,25H,1-2,5-9,12-14H2. The van der Waals surface area contributed by atoms with E-state index in [1.807, 2.05) is 0 Å². The summed E-state index contributed by atoms with van der Waals surface area (Å²) < 4.78 is 51.9. The molecule has 1 aromatic carbocycles. The Kier molecular flexibility index (Phi) is 6.19. The molecule has 1 unspecified atom stereocenters. The Balaban J connectivity index is 1.60. The molecule has 2 aromatic rings. The third-order valence-corrected chi connectivity index (χ3v) is 5.61. The van der Waals surface area contributed by atoms with Crippen LogP contribution in [0.25, 0.3) is 10.9 Å². The second-order valence-corrected chi connectivity index (χ2v) is 7.88. The van der Waals surface area contributed by atoms with Gasteiger partial charge in [0, 0.05) is 36.5 Å². The van der Waals surface area contributed by atoms with E-state index in [-0.39, 0.29) is 5.69 Å². The number of rotatable bonds is 5. The molecule has 0 aliphatic carbocycles. The molecule has 0 radical (unpaired) electrons. The molecule has 1 amide bonds. The van der Waals surface area contributed by atoms with Crippen LogP contribution < -0.4 is 10.1 Å². The molecule has 30 heavy (non-hydrogen) atoms. The smallest absolute Gasteiger partial charge is 0.406 e. The number of amides is 1. The van der Waals surface area contributed by atoms with Crippen LogP contribution in [0.15, 0.2) is 24.3 Å². The highest BCUT2D eigenvalue weighted by Crippen LogP contribution is 2.29. The molecule has 1 N–H and O–H groups in total. The van der Waals surface area contributed by atoms with Gasteiger partial charge in [0.2, 0.25) is 0 Å². The van der Waals surface area contributed by atoms with E-state index in [1.54, 1.807) is 18.2 Å².